The van der Waals surface area contributed by atoms with Crippen LogP contribution < -0.4 is 16.4 Å². The lowest BCUT2D eigenvalue weighted by molar-refractivity contribution is 0.178. The molecule has 0 aliphatic rings. The van der Waals surface area contributed by atoms with Crippen LogP contribution in [0.5, 0.6) is 0 Å². The van der Waals surface area contributed by atoms with Crippen LogP contribution in [-0.2, 0) is 17.7 Å². The number of nitrogens with zero attached hydrogens (tertiary/aromatic N) is 7. The molecule has 1 aromatic carbocycles. The molecule has 0 fully saturated rings. The number of methoxy groups -OCH3 is 1. The molecule has 0 saturated carbocycles. The third-order valence-electron chi connectivity index (χ3n) is 5.74. The number of carbonyl (C=O) groups is 1. The molecule has 4 N–H and O–H groups in total. The molecule has 0 aliphatic carbocycles. The fourth-order valence-electron chi connectivity index (χ4n) is 3.99. The van der Waals surface area contributed by atoms with E-state index in [1.165, 1.54) is 28.8 Å². The Morgan fingerprint density at radius 1 is 1.08 bits per heavy atom. The lowest BCUT2D eigenvalue weighted by atomic mass is 10.1. The molecule has 5 rings (SSSR count). The highest BCUT2D eigenvalue weighted by Crippen LogP contribution is 2.31. The highest BCUT2D eigenvalue weighted by Gasteiger charge is 2.26. The topological polar surface area (TPSA) is 151 Å². The van der Waals surface area contributed by atoms with E-state index >= 15 is 0 Å². The zero-order valence-corrected chi connectivity index (χ0v) is 20.0. The Morgan fingerprint density at radius 2 is 1.79 bits per heavy atom. The van der Waals surface area contributed by atoms with E-state index in [1.54, 1.807) is 42.7 Å². The summed E-state index contributed by atoms with van der Waals surface area (Å²) in [6, 6.07) is 10.9. The third kappa shape index (κ3) is 4.64. The molecule has 0 radical (unpaired) electrons. The molecule has 1 amide bonds. The van der Waals surface area contributed by atoms with Crippen molar-refractivity contribution in [2.45, 2.75) is 13.0 Å². The first-order chi connectivity index (χ1) is 18.4. The van der Waals surface area contributed by atoms with E-state index in [0.29, 0.717) is 16.8 Å². The second kappa shape index (κ2) is 10.0. The Morgan fingerprint density at radius 3 is 2.47 bits per heavy atom. The number of aromatic nitrogens is 6. The number of carbonyl (C=O) groups excluding carboxylic acids is 1. The molecule has 13 heteroatoms. The minimum atomic E-state index is -0.737. The van der Waals surface area contributed by atoms with Crippen molar-refractivity contribution in [1.29, 1.82) is 0 Å². The second-order valence-electron chi connectivity index (χ2n) is 8.20. The van der Waals surface area contributed by atoms with Crippen molar-refractivity contribution in [2.24, 2.45) is 0 Å². The number of nitrogen functional groups attached to an aromatic ring is 2. The molecule has 0 unspecified atom stereocenters. The Bertz CT molecular complexity index is 1620. The van der Waals surface area contributed by atoms with E-state index in [-0.39, 0.29) is 41.8 Å². The van der Waals surface area contributed by atoms with E-state index in [0.717, 1.165) is 11.8 Å². The van der Waals surface area contributed by atoms with Crippen molar-refractivity contribution < 1.29 is 18.3 Å². The first-order valence-electron chi connectivity index (χ1n) is 11.3. The van der Waals surface area contributed by atoms with Crippen LogP contribution in [0.15, 0.2) is 61.1 Å². The molecular weight excluding hydrogens is 496 g/mol. The van der Waals surface area contributed by atoms with Crippen LogP contribution in [0.25, 0.3) is 17.0 Å². The zero-order chi connectivity index (χ0) is 26.8. The number of halogens is 2. The lowest BCUT2D eigenvalue weighted by Crippen LogP contribution is -2.32. The van der Waals surface area contributed by atoms with Gasteiger partial charge in [0.2, 0.25) is 0 Å². The smallest absolute Gasteiger partial charge is 0.414 e. The molecule has 4 heterocycles. The van der Waals surface area contributed by atoms with Gasteiger partial charge in [-0.1, -0.05) is 18.2 Å². The number of pyridine rings is 2. The van der Waals surface area contributed by atoms with Crippen molar-refractivity contribution in [1.82, 2.24) is 29.7 Å². The summed E-state index contributed by atoms with van der Waals surface area (Å²) in [4.78, 5) is 30.5. The standard InChI is InChI=1S/C25H21F2N9O2/c1-38-25(37)35(13-14-6-8-30-9-7-14)21-22(28)32-24(33-23(21)29)36-19-11-16(26)12-31-20(19)18(34-36)10-15-4-2-3-5-17(15)27/h2-9,11-12H,10,13H2,1H3,(H4,28,29,32,33). The maximum atomic E-state index is 14.3. The molecule has 0 bridgehead atoms. The van der Waals surface area contributed by atoms with Crippen molar-refractivity contribution in [3.63, 3.8) is 0 Å². The molecule has 11 nitrogen and oxygen atoms in total. The molecule has 4 aromatic heterocycles. The number of hydrogen-bond acceptors (Lipinski definition) is 9. The first-order valence-corrected chi connectivity index (χ1v) is 11.3. The van der Waals surface area contributed by atoms with E-state index < -0.39 is 17.7 Å². The number of nitrogens with two attached hydrogens (primary N) is 2. The number of ether oxygens (including phenoxy) is 1. The molecule has 5 aromatic rings. The van der Waals surface area contributed by atoms with Gasteiger partial charge in [0.25, 0.3) is 5.95 Å². The average Bonchev–Trinajstić information content (AvgIpc) is 3.26. The molecule has 38 heavy (non-hydrogen) atoms. The number of amides is 1. The van der Waals surface area contributed by atoms with Gasteiger partial charge in [-0.15, -0.1) is 0 Å². The number of rotatable bonds is 6. The highest BCUT2D eigenvalue weighted by atomic mass is 19.1. The van der Waals surface area contributed by atoms with Crippen LogP contribution in [-0.4, -0.2) is 42.9 Å². The van der Waals surface area contributed by atoms with Crippen molar-refractivity contribution in [2.75, 3.05) is 23.5 Å². The number of anilines is 3. The van der Waals surface area contributed by atoms with Crippen LogP contribution in [0, 0.1) is 11.6 Å². The van der Waals surface area contributed by atoms with Crippen LogP contribution >= 0.6 is 0 Å². The lowest BCUT2D eigenvalue weighted by Gasteiger charge is -2.23. The Kier molecular flexibility index (Phi) is 6.47. The Hall–Kier alpha value is -5.20. The summed E-state index contributed by atoms with van der Waals surface area (Å²) in [5.74, 6) is -1.41. The maximum absolute atomic E-state index is 14.3. The van der Waals surface area contributed by atoms with Crippen LogP contribution in [0.3, 0.4) is 0 Å². The van der Waals surface area contributed by atoms with Gasteiger partial charge in [0.15, 0.2) is 11.6 Å². The maximum Gasteiger partial charge on any atom is 0.414 e. The highest BCUT2D eigenvalue weighted by molar-refractivity contribution is 5.95. The van der Waals surface area contributed by atoms with E-state index in [9.17, 15) is 13.6 Å². The number of benzene rings is 1. The Labute approximate surface area is 214 Å². The summed E-state index contributed by atoms with van der Waals surface area (Å²) in [7, 11) is 1.22. The van der Waals surface area contributed by atoms with Crippen LogP contribution in [0.1, 0.15) is 16.8 Å². The normalized spacial score (nSPS) is 11.0. The van der Waals surface area contributed by atoms with Gasteiger partial charge in [0.05, 0.1) is 31.1 Å². The molecule has 0 aliphatic heterocycles. The zero-order valence-electron chi connectivity index (χ0n) is 20.0. The van der Waals surface area contributed by atoms with Gasteiger partial charge in [0.1, 0.15) is 22.8 Å². The number of hydrogen-bond donors (Lipinski definition) is 2. The second-order valence-corrected chi connectivity index (χ2v) is 8.20. The van der Waals surface area contributed by atoms with Crippen LogP contribution in [0.4, 0.5) is 30.9 Å². The summed E-state index contributed by atoms with van der Waals surface area (Å²) in [5.41, 5.74) is 14.6. The van der Waals surface area contributed by atoms with Crippen molar-refractivity contribution in [3.8, 4) is 5.95 Å². The van der Waals surface area contributed by atoms with Crippen molar-refractivity contribution in [3.05, 3.63) is 89.5 Å². The fraction of sp³-hybridized carbons (Fsp3) is 0.120. The van der Waals surface area contributed by atoms with Crippen LogP contribution in [0.2, 0.25) is 0 Å². The predicted molar refractivity (Wildman–Crippen MR) is 135 cm³/mol. The SMILES string of the molecule is COC(=O)N(Cc1ccncc1)c1c(N)nc(-n2nc(Cc3ccccc3F)c3ncc(F)cc32)nc1N. The summed E-state index contributed by atoms with van der Waals surface area (Å²) >= 11 is 0. The summed E-state index contributed by atoms with van der Waals surface area (Å²) in [6.07, 6.45) is 3.54. The van der Waals surface area contributed by atoms with Gasteiger partial charge in [-0.2, -0.15) is 19.7 Å². The Balaban J connectivity index is 1.60. The molecule has 0 spiro atoms. The van der Waals surface area contributed by atoms with E-state index in [1.807, 2.05) is 0 Å². The van der Waals surface area contributed by atoms with Gasteiger partial charge < -0.3 is 16.2 Å². The van der Waals surface area contributed by atoms with Gasteiger partial charge in [-0.25, -0.2) is 18.6 Å². The fourth-order valence-corrected chi connectivity index (χ4v) is 3.99. The predicted octanol–water partition coefficient (Wildman–Crippen LogP) is 3.41. The summed E-state index contributed by atoms with van der Waals surface area (Å²) in [6.45, 7) is 0.0545. The van der Waals surface area contributed by atoms with Gasteiger partial charge in [0, 0.05) is 24.9 Å². The summed E-state index contributed by atoms with van der Waals surface area (Å²) < 4.78 is 34.6. The minimum absolute atomic E-state index is 0.0322. The van der Waals surface area contributed by atoms with E-state index in [4.69, 9.17) is 16.2 Å². The van der Waals surface area contributed by atoms with Gasteiger partial charge >= 0.3 is 6.09 Å². The largest absolute Gasteiger partial charge is 0.452 e. The number of fused-ring (bicyclic) bond motifs is 1. The minimum Gasteiger partial charge on any atom is -0.452 e. The van der Waals surface area contributed by atoms with E-state index in [2.05, 4.69) is 25.0 Å². The van der Waals surface area contributed by atoms with Crippen molar-refractivity contribution >= 4 is 34.4 Å². The average molecular weight is 518 g/mol. The quantitative estimate of drug-likeness (QED) is 0.345. The third-order valence-corrected chi connectivity index (χ3v) is 5.74. The molecular formula is C25H21F2N9O2. The van der Waals surface area contributed by atoms with Gasteiger partial charge in [-0.05, 0) is 29.3 Å². The first kappa shape index (κ1) is 24.5. The molecule has 192 valence electrons. The molecule has 0 saturated heterocycles. The molecule has 0 atom stereocenters. The summed E-state index contributed by atoms with van der Waals surface area (Å²) in [5, 5.41) is 4.49. The van der Waals surface area contributed by atoms with Gasteiger partial charge in [-0.3, -0.25) is 9.88 Å². The monoisotopic (exact) mass is 517 g/mol.